The Bertz CT molecular complexity index is 1570. The second kappa shape index (κ2) is 16.2. The molecule has 1 aliphatic heterocycles. The van der Waals surface area contributed by atoms with Crippen LogP contribution in [-0.2, 0) is 22.5 Å². The molecule has 47 heavy (non-hydrogen) atoms. The van der Waals surface area contributed by atoms with Gasteiger partial charge in [-0.3, -0.25) is 4.79 Å². The third-order valence-electron chi connectivity index (χ3n) is 8.59. The second-order valence-corrected chi connectivity index (χ2v) is 12.4. The number of alkyl carbamates (subject to hydrolysis) is 1. The average Bonchev–Trinajstić information content (AvgIpc) is 3.93. The van der Waals surface area contributed by atoms with E-state index in [9.17, 15) is 14.7 Å². The molecule has 0 saturated heterocycles. The van der Waals surface area contributed by atoms with Crippen LogP contribution < -0.4 is 20.1 Å². The van der Waals surface area contributed by atoms with Gasteiger partial charge in [-0.25, -0.2) is 4.79 Å². The summed E-state index contributed by atoms with van der Waals surface area (Å²) in [6.45, 7) is 5.93. The van der Waals surface area contributed by atoms with Crippen molar-refractivity contribution in [2.24, 2.45) is 0 Å². The maximum absolute atomic E-state index is 14.4. The molecule has 3 aromatic carbocycles. The summed E-state index contributed by atoms with van der Waals surface area (Å²) in [5.74, 6) is 1.51. The van der Waals surface area contributed by atoms with E-state index in [-0.39, 0.29) is 25.2 Å². The van der Waals surface area contributed by atoms with Crippen molar-refractivity contribution in [2.75, 3.05) is 40.0 Å². The van der Waals surface area contributed by atoms with E-state index in [2.05, 4.69) is 10.6 Å². The fourth-order valence-electron chi connectivity index (χ4n) is 5.96. The van der Waals surface area contributed by atoms with E-state index < -0.39 is 12.1 Å². The first-order valence-electron chi connectivity index (χ1n) is 16.2. The number of benzene rings is 3. The molecule has 1 atom stereocenters. The number of carbonyl (C=O) groups is 2. The lowest BCUT2D eigenvalue weighted by atomic mass is 9.88. The van der Waals surface area contributed by atoms with Gasteiger partial charge in [0.1, 0.15) is 24.7 Å². The zero-order valence-electron chi connectivity index (χ0n) is 27.3. The third kappa shape index (κ3) is 8.86. The highest BCUT2D eigenvalue weighted by molar-refractivity contribution is 6.31. The summed E-state index contributed by atoms with van der Waals surface area (Å²) in [5, 5.41) is 16.7. The molecule has 5 rings (SSSR count). The summed E-state index contributed by atoms with van der Waals surface area (Å²) in [5.41, 5.74) is 6.43. The van der Waals surface area contributed by atoms with E-state index in [1.165, 1.54) is 7.05 Å². The Balaban J connectivity index is 1.30. The highest BCUT2D eigenvalue weighted by Gasteiger charge is 2.38. The number of para-hydroxylation sites is 1. The van der Waals surface area contributed by atoms with Crippen molar-refractivity contribution >= 4 is 29.2 Å². The number of aliphatic hydroxyl groups is 1. The zero-order valence-corrected chi connectivity index (χ0v) is 28.1. The topological polar surface area (TPSA) is 109 Å². The summed E-state index contributed by atoms with van der Waals surface area (Å²) >= 11 is 6.63. The fraction of sp³-hybridized carbons (Fsp3) is 0.405. The molecule has 1 saturated carbocycles. The summed E-state index contributed by atoms with van der Waals surface area (Å²) in [4.78, 5) is 27.7. The van der Waals surface area contributed by atoms with Gasteiger partial charge in [-0.05, 0) is 91.2 Å². The van der Waals surface area contributed by atoms with Gasteiger partial charge in [0.2, 0.25) is 0 Å². The lowest BCUT2D eigenvalue weighted by molar-refractivity contribution is -0.128. The zero-order chi connectivity index (χ0) is 33.3. The van der Waals surface area contributed by atoms with Gasteiger partial charge in [0.05, 0.1) is 19.3 Å². The van der Waals surface area contributed by atoms with Crippen LogP contribution >= 0.6 is 11.6 Å². The van der Waals surface area contributed by atoms with E-state index in [1.807, 2.05) is 79.4 Å². The quantitative estimate of drug-likeness (QED) is 0.193. The van der Waals surface area contributed by atoms with Crippen LogP contribution in [-0.4, -0.2) is 74.1 Å². The first-order chi connectivity index (χ1) is 22.8. The Morgan fingerprint density at radius 1 is 1.00 bits per heavy atom. The van der Waals surface area contributed by atoms with Crippen LogP contribution in [0.4, 0.5) is 4.79 Å². The van der Waals surface area contributed by atoms with Gasteiger partial charge in [-0.15, -0.1) is 0 Å². The number of aryl methyl sites for hydroxylation is 2. The molecule has 2 amide bonds. The number of ether oxygens (including phenoxy) is 3. The Hall–Kier alpha value is -4.05. The molecule has 3 aromatic rings. The summed E-state index contributed by atoms with van der Waals surface area (Å²) in [7, 11) is 1.52. The Kier molecular flexibility index (Phi) is 11.8. The maximum atomic E-state index is 14.4. The van der Waals surface area contributed by atoms with Gasteiger partial charge >= 0.3 is 6.09 Å². The van der Waals surface area contributed by atoms with Crippen molar-refractivity contribution in [1.82, 2.24) is 15.5 Å². The molecule has 3 N–H and O–H groups in total. The average molecular weight is 662 g/mol. The molecule has 1 aliphatic carbocycles. The molecule has 1 fully saturated rings. The van der Waals surface area contributed by atoms with Gasteiger partial charge in [-0.2, -0.15) is 0 Å². The smallest absolute Gasteiger partial charge is 0.406 e. The van der Waals surface area contributed by atoms with Gasteiger partial charge in [0.25, 0.3) is 5.91 Å². The third-order valence-corrected chi connectivity index (χ3v) is 8.96. The van der Waals surface area contributed by atoms with Crippen LogP contribution in [0.3, 0.4) is 0 Å². The van der Waals surface area contributed by atoms with Crippen molar-refractivity contribution in [2.45, 2.75) is 58.2 Å². The number of halogens is 1. The maximum Gasteiger partial charge on any atom is 0.406 e. The molecule has 10 heteroatoms. The number of hydrogen-bond donors (Lipinski definition) is 3. The van der Waals surface area contributed by atoms with Gasteiger partial charge in [-0.1, -0.05) is 54.1 Å². The number of nitrogens with one attached hydrogen (secondary N) is 2. The van der Waals surface area contributed by atoms with E-state index >= 15 is 0 Å². The highest BCUT2D eigenvalue weighted by Crippen LogP contribution is 2.36. The van der Waals surface area contributed by atoms with Crippen LogP contribution in [0.25, 0.3) is 5.57 Å². The molecule has 0 radical (unpaired) electrons. The van der Waals surface area contributed by atoms with Crippen molar-refractivity contribution in [3.63, 3.8) is 0 Å². The number of rotatable bonds is 14. The van der Waals surface area contributed by atoms with E-state index in [4.69, 9.17) is 25.8 Å². The second-order valence-electron chi connectivity index (χ2n) is 12.0. The molecule has 0 bridgehead atoms. The van der Waals surface area contributed by atoms with Crippen LogP contribution in [0.5, 0.6) is 11.5 Å². The number of hydrogen-bond acceptors (Lipinski definition) is 7. The molecule has 1 unspecified atom stereocenters. The standard InChI is InChI=1S/C37H44ClN3O6/c1-24-5-4-6-25(2)35(24)46-20-19-45-30-12-8-27(9-13-30)31-15-17-40-33(23-42)34(31)36(43)41(29-10-11-29)22-28-21-26(7-14-32(28)38)16-18-47-37(44)39-3/h4-9,12-14,21,29,33,40,42H,10-11,15-20,22-23H2,1-3H3,(H,39,44). The van der Waals surface area contributed by atoms with Crippen molar-refractivity contribution in [3.8, 4) is 11.5 Å². The molecule has 0 spiro atoms. The summed E-state index contributed by atoms with van der Waals surface area (Å²) in [6, 6.07) is 19.2. The van der Waals surface area contributed by atoms with Crippen LogP contribution in [0.1, 0.15) is 47.1 Å². The van der Waals surface area contributed by atoms with E-state index in [0.29, 0.717) is 49.7 Å². The van der Waals surface area contributed by atoms with Crippen molar-refractivity contribution < 1.29 is 28.9 Å². The van der Waals surface area contributed by atoms with E-state index in [1.54, 1.807) is 0 Å². The summed E-state index contributed by atoms with van der Waals surface area (Å²) in [6.07, 6.45) is 2.54. The van der Waals surface area contributed by atoms with Crippen LogP contribution in [0.15, 0.2) is 66.2 Å². The monoisotopic (exact) mass is 661 g/mol. The first kappa shape index (κ1) is 34.3. The molecule has 0 aromatic heterocycles. The van der Waals surface area contributed by atoms with Crippen molar-refractivity contribution in [1.29, 1.82) is 0 Å². The Morgan fingerprint density at radius 2 is 1.72 bits per heavy atom. The SMILES string of the molecule is CNC(=O)OCCc1ccc(Cl)c(CN(C(=O)C2=C(c3ccc(OCCOc4c(C)cccc4C)cc3)CCNC2CO)C2CC2)c1. The largest absolute Gasteiger partial charge is 0.490 e. The molecule has 1 heterocycles. The van der Waals surface area contributed by atoms with Crippen LogP contribution in [0, 0.1) is 13.8 Å². The van der Waals surface area contributed by atoms with Gasteiger partial charge in [0, 0.05) is 36.7 Å². The highest BCUT2D eigenvalue weighted by atomic mass is 35.5. The predicted molar refractivity (Wildman–Crippen MR) is 183 cm³/mol. The normalized spacial score (nSPS) is 16.1. The van der Waals surface area contributed by atoms with Gasteiger partial charge in [0.15, 0.2) is 0 Å². The molecular formula is C37H44ClN3O6. The lowest BCUT2D eigenvalue weighted by Crippen LogP contribution is -2.46. The Morgan fingerprint density at radius 3 is 2.40 bits per heavy atom. The minimum Gasteiger partial charge on any atom is -0.490 e. The minimum absolute atomic E-state index is 0.0952. The Labute approximate surface area is 281 Å². The molecular weight excluding hydrogens is 618 g/mol. The van der Waals surface area contributed by atoms with Crippen molar-refractivity contribution in [3.05, 3.63) is 99.1 Å². The lowest BCUT2D eigenvalue weighted by Gasteiger charge is -2.33. The number of nitrogens with zero attached hydrogens (tertiary/aromatic N) is 1. The first-order valence-corrected chi connectivity index (χ1v) is 16.6. The number of amides is 2. The van der Waals surface area contributed by atoms with Crippen LogP contribution in [0.2, 0.25) is 5.02 Å². The predicted octanol–water partition coefficient (Wildman–Crippen LogP) is 5.61. The molecule has 9 nitrogen and oxygen atoms in total. The summed E-state index contributed by atoms with van der Waals surface area (Å²) < 4.78 is 17.1. The number of carbonyl (C=O) groups excluding carboxylic acids is 2. The van der Waals surface area contributed by atoms with E-state index in [0.717, 1.165) is 57.7 Å². The molecule has 2 aliphatic rings. The van der Waals surface area contributed by atoms with Gasteiger partial charge < -0.3 is 34.9 Å². The molecule has 250 valence electrons. The number of aliphatic hydroxyl groups excluding tert-OH is 1. The minimum atomic E-state index is -0.478. The fourth-order valence-corrected chi connectivity index (χ4v) is 6.14.